The number of carbonyl (C=O) groups excluding carboxylic acids is 1. The smallest absolute Gasteiger partial charge is 0.335 e. The van der Waals surface area contributed by atoms with Crippen LogP contribution in [0.15, 0.2) is 54.2 Å². The zero-order valence-corrected chi connectivity index (χ0v) is 13.8. The van der Waals surface area contributed by atoms with Gasteiger partial charge in [0.25, 0.3) is 5.91 Å². The first-order valence-electron chi connectivity index (χ1n) is 7.40. The molecule has 3 N–H and O–H groups in total. The van der Waals surface area contributed by atoms with Gasteiger partial charge < -0.3 is 15.2 Å². The fourth-order valence-electron chi connectivity index (χ4n) is 2.27. The van der Waals surface area contributed by atoms with Gasteiger partial charge in [0.2, 0.25) is 0 Å². The maximum absolute atomic E-state index is 11.6. The summed E-state index contributed by atoms with van der Waals surface area (Å²) in [7, 11) is 0. The molecule has 2 aromatic carbocycles. The second-order valence-corrected chi connectivity index (χ2v) is 5.74. The summed E-state index contributed by atoms with van der Waals surface area (Å²) in [5.41, 5.74) is 2.21. The highest BCUT2D eigenvalue weighted by Crippen LogP contribution is 2.17. The Balaban J connectivity index is 1.64. The topological polar surface area (TPSA) is 87.7 Å². The molecular weight excluding hydrogens is 340 g/mol. The van der Waals surface area contributed by atoms with Crippen LogP contribution in [0.1, 0.15) is 21.5 Å². The molecule has 1 saturated heterocycles. The van der Waals surface area contributed by atoms with Gasteiger partial charge in [0.15, 0.2) is 5.11 Å². The van der Waals surface area contributed by atoms with E-state index >= 15 is 0 Å². The largest absolute Gasteiger partial charge is 0.489 e. The van der Waals surface area contributed by atoms with Gasteiger partial charge in [-0.1, -0.05) is 24.3 Å². The molecule has 0 unspecified atom stereocenters. The zero-order valence-electron chi connectivity index (χ0n) is 13.0. The summed E-state index contributed by atoms with van der Waals surface area (Å²) in [6, 6.07) is 13.8. The van der Waals surface area contributed by atoms with Crippen LogP contribution in [0.2, 0.25) is 0 Å². The number of hydrogen-bond acceptors (Lipinski definition) is 4. The number of carbonyl (C=O) groups is 2. The zero-order chi connectivity index (χ0) is 17.8. The van der Waals surface area contributed by atoms with Gasteiger partial charge in [0.1, 0.15) is 18.1 Å². The van der Waals surface area contributed by atoms with Crippen LogP contribution in [0, 0.1) is 0 Å². The standard InChI is InChI=1S/C18H14N2O4S/c21-16-15(19-18(25)20-16)9-11-4-6-14(7-5-11)24-10-12-2-1-3-13(8-12)17(22)23/h1-9H,10H2,(H,22,23)(H2,19,20,21,25)/b15-9+. The Morgan fingerprint density at radius 3 is 2.56 bits per heavy atom. The van der Waals surface area contributed by atoms with E-state index in [4.69, 9.17) is 22.1 Å². The molecule has 1 heterocycles. The summed E-state index contributed by atoms with van der Waals surface area (Å²) in [6.45, 7) is 0.264. The fourth-order valence-corrected chi connectivity index (χ4v) is 2.47. The van der Waals surface area contributed by atoms with Crippen molar-refractivity contribution in [3.05, 3.63) is 70.9 Å². The average molecular weight is 354 g/mol. The third-order valence-electron chi connectivity index (χ3n) is 3.49. The van der Waals surface area contributed by atoms with Gasteiger partial charge in [0.05, 0.1) is 5.56 Å². The van der Waals surface area contributed by atoms with E-state index in [9.17, 15) is 9.59 Å². The highest BCUT2D eigenvalue weighted by atomic mass is 32.1. The van der Waals surface area contributed by atoms with E-state index in [1.54, 1.807) is 36.4 Å². The highest BCUT2D eigenvalue weighted by Gasteiger charge is 2.19. The molecule has 1 fully saturated rings. The van der Waals surface area contributed by atoms with Gasteiger partial charge >= 0.3 is 5.97 Å². The number of amides is 1. The third kappa shape index (κ3) is 4.21. The SMILES string of the molecule is O=C1NC(=S)N/C1=C/c1ccc(OCc2cccc(C(=O)O)c2)cc1. The molecule has 25 heavy (non-hydrogen) atoms. The van der Waals surface area contributed by atoms with E-state index < -0.39 is 5.97 Å². The highest BCUT2D eigenvalue weighted by molar-refractivity contribution is 7.80. The lowest BCUT2D eigenvalue weighted by Crippen LogP contribution is -2.21. The van der Waals surface area contributed by atoms with Crippen molar-refractivity contribution in [3.8, 4) is 5.75 Å². The predicted molar refractivity (Wildman–Crippen MR) is 96.0 cm³/mol. The van der Waals surface area contributed by atoms with Gasteiger partial charge in [0, 0.05) is 0 Å². The second-order valence-electron chi connectivity index (χ2n) is 5.33. The first-order chi connectivity index (χ1) is 12.0. The summed E-state index contributed by atoms with van der Waals surface area (Å²) in [6.07, 6.45) is 1.69. The van der Waals surface area contributed by atoms with Crippen LogP contribution >= 0.6 is 12.2 Å². The van der Waals surface area contributed by atoms with Crippen LogP contribution in [-0.2, 0) is 11.4 Å². The maximum Gasteiger partial charge on any atom is 0.335 e. The minimum Gasteiger partial charge on any atom is -0.489 e. The van der Waals surface area contributed by atoms with E-state index in [1.165, 1.54) is 6.07 Å². The van der Waals surface area contributed by atoms with E-state index in [0.29, 0.717) is 16.6 Å². The van der Waals surface area contributed by atoms with Gasteiger partial charge in [-0.05, 0) is 53.7 Å². The maximum atomic E-state index is 11.6. The number of thiocarbonyl (C=S) groups is 1. The van der Waals surface area contributed by atoms with Crippen LogP contribution in [0.4, 0.5) is 0 Å². The summed E-state index contributed by atoms with van der Waals surface area (Å²) in [5, 5.41) is 14.6. The van der Waals surface area contributed by atoms with Crippen molar-refractivity contribution in [2.75, 3.05) is 0 Å². The number of aromatic carboxylic acids is 1. The molecule has 2 aromatic rings. The predicted octanol–water partition coefficient (Wildman–Crippen LogP) is 2.31. The van der Waals surface area contributed by atoms with Crippen molar-refractivity contribution < 1.29 is 19.4 Å². The molecule has 1 aliphatic rings. The summed E-state index contributed by atoms with van der Waals surface area (Å²) < 4.78 is 5.66. The number of benzene rings is 2. The fraction of sp³-hybridized carbons (Fsp3) is 0.0556. The van der Waals surface area contributed by atoms with Crippen molar-refractivity contribution in [3.63, 3.8) is 0 Å². The third-order valence-corrected chi connectivity index (χ3v) is 3.69. The Labute approximate surface area is 149 Å². The van der Waals surface area contributed by atoms with Gasteiger partial charge in [-0.2, -0.15) is 0 Å². The molecule has 0 bridgehead atoms. The normalized spacial score (nSPS) is 15.0. The lowest BCUT2D eigenvalue weighted by atomic mass is 10.1. The molecule has 0 aromatic heterocycles. The van der Waals surface area contributed by atoms with Crippen molar-refractivity contribution >= 4 is 35.3 Å². The molecule has 0 atom stereocenters. The molecule has 0 radical (unpaired) electrons. The van der Waals surface area contributed by atoms with E-state index in [2.05, 4.69) is 10.6 Å². The molecule has 0 aliphatic carbocycles. The molecule has 6 nitrogen and oxygen atoms in total. The Morgan fingerprint density at radius 2 is 1.92 bits per heavy atom. The van der Waals surface area contributed by atoms with Gasteiger partial charge in [-0.15, -0.1) is 0 Å². The Hall–Kier alpha value is -3.19. The molecule has 1 aliphatic heterocycles. The Morgan fingerprint density at radius 1 is 1.16 bits per heavy atom. The van der Waals surface area contributed by atoms with Crippen molar-refractivity contribution in [2.24, 2.45) is 0 Å². The molecular formula is C18H14N2O4S. The number of ether oxygens (including phenoxy) is 1. The van der Waals surface area contributed by atoms with Crippen molar-refractivity contribution in [1.29, 1.82) is 0 Å². The van der Waals surface area contributed by atoms with E-state index in [1.807, 2.05) is 12.1 Å². The molecule has 7 heteroatoms. The van der Waals surface area contributed by atoms with Crippen LogP contribution in [0.3, 0.4) is 0 Å². The molecule has 1 amide bonds. The number of nitrogens with one attached hydrogen (secondary N) is 2. The number of hydrogen-bond donors (Lipinski definition) is 3. The van der Waals surface area contributed by atoms with Crippen molar-refractivity contribution in [1.82, 2.24) is 10.6 Å². The van der Waals surface area contributed by atoms with E-state index in [-0.39, 0.29) is 18.1 Å². The lowest BCUT2D eigenvalue weighted by molar-refractivity contribution is -0.115. The van der Waals surface area contributed by atoms with Gasteiger partial charge in [-0.3, -0.25) is 10.1 Å². The van der Waals surface area contributed by atoms with Crippen LogP contribution < -0.4 is 15.4 Å². The average Bonchev–Trinajstić information content (AvgIpc) is 2.92. The van der Waals surface area contributed by atoms with E-state index in [0.717, 1.165) is 11.1 Å². The Bertz CT molecular complexity index is 875. The first kappa shape index (κ1) is 16.7. The second kappa shape index (κ2) is 7.14. The quantitative estimate of drug-likeness (QED) is 0.564. The van der Waals surface area contributed by atoms with Crippen LogP contribution in [0.5, 0.6) is 5.75 Å². The molecule has 126 valence electrons. The molecule has 0 spiro atoms. The van der Waals surface area contributed by atoms with Crippen LogP contribution in [-0.4, -0.2) is 22.1 Å². The summed E-state index contributed by atoms with van der Waals surface area (Å²) in [4.78, 5) is 22.6. The molecule has 0 saturated carbocycles. The lowest BCUT2D eigenvalue weighted by Gasteiger charge is -2.07. The summed E-state index contributed by atoms with van der Waals surface area (Å²) in [5.74, 6) is -0.589. The minimum atomic E-state index is -0.969. The first-order valence-corrected chi connectivity index (χ1v) is 7.81. The summed E-state index contributed by atoms with van der Waals surface area (Å²) >= 11 is 4.88. The minimum absolute atomic E-state index is 0.225. The monoisotopic (exact) mass is 354 g/mol. The van der Waals surface area contributed by atoms with Crippen molar-refractivity contribution in [2.45, 2.75) is 6.61 Å². The van der Waals surface area contributed by atoms with Gasteiger partial charge in [-0.25, -0.2) is 4.79 Å². The number of rotatable bonds is 5. The Kier molecular flexibility index (Phi) is 4.76. The number of carboxylic acids is 1. The number of carboxylic acid groups (broad SMARTS) is 1. The van der Waals surface area contributed by atoms with Crippen LogP contribution in [0.25, 0.3) is 6.08 Å². The molecule has 3 rings (SSSR count).